The van der Waals surface area contributed by atoms with E-state index < -0.39 is 27.4 Å². The van der Waals surface area contributed by atoms with Gasteiger partial charge in [-0.25, -0.2) is 13.1 Å². The maximum absolute atomic E-state index is 14.3. The number of nitrogens with one attached hydrogen (secondary N) is 1. The summed E-state index contributed by atoms with van der Waals surface area (Å²) in [5.74, 6) is 1.09. The van der Waals surface area contributed by atoms with Crippen molar-refractivity contribution in [2.24, 2.45) is 62.1 Å². The van der Waals surface area contributed by atoms with Crippen LogP contribution in [-0.2, 0) is 29.1 Å². The van der Waals surface area contributed by atoms with Crippen LogP contribution in [0.5, 0.6) is 0 Å². The zero-order chi connectivity index (χ0) is 39.2. The van der Waals surface area contributed by atoms with Crippen molar-refractivity contribution in [3.63, 3.8) is 0 Å². The van der Waals surface area contributed by atoms with Crippen molar-refractivity contribution in [1.82, 2.24) is 9.62 Å². The van der Waals surface area contributed by atoms with Gasteiger partial charge < -0.3 is 14.7 Å². The molecule has 300 valence electrons. The number of nitrogens with zero attached hydrogens (tertiary/aromatic N) is 1. The summed E-state index contributed by atoms with van der Waals surface area (Å²) in [5.41, 5.74) is 0.198. The fourth-order valence-corrected chi connectivity index (χ4v) is 14.9. The van der Waals surface area contributed by atoms with Gasteiger partial charge in [-0.1, -0.05) is 46.8 Å². The van der Waals surface area contributed by atoms with E-state index in [2.05, 4.69) is 52.8 Å². The van der Waals surface area contributed by atoms with Gasteiger partial charge in [0.1, 0.15) is 6.10 Å². The fourth-order valence-electron chi connectivity index (χ4n) is 14.4. The third-order valence-corrected chi connectivity index (χ3v) is 18.1. The lowest BCUT2D eigenvalue weighted by molar-refractivity contribution is -0.250. The number of carbonyl (C=O) groups is 3. The highest BCUT2D eigenvalue weighted by molar-refractivity contribution is 7.88. The smallest absolute Gasteiger partial charge is 0.309 e. The summed E-state index contributed by atoms with van der Waals surface area (Å²) >= 11 is 0. The zero-order valence-electron chi connectivity index (χ0n) is 34.3. The molecule has 0 aromatic rings. The van der Waals surface area contributed by atoms with Crippen molar-refractivity contribution in [2.45, 2.75) is 157 Å². The number of hydrogen-bond acceptors (Lipinski definition) is 6. The van der Waals surface area contributed by atoms with Crippen molar-refractivity contribution < 1.29 is 32.6 Å². The minimum Gasteiger partial charge on any atom is -0.481 e. The minimum absolute atomic E-state index is 0.0499. The third-order valence-electron chi connectivity index (χ3n) is 17.4. The second-order valence-electron chi connectivity index (χ2n) is 20.9. The first-order valence-electron chi connectivity index (χ1n) is 20.7. The van der Waals surface area contributed by atoms with Crippen LogP contribution in [0.3, 0.4) is 0 Å². The monoisotopic (exact) mass is 758 g/mol. The molecule has 6 fully saturated rings. The highest BCUT2D eigenvalue weighted by Crippen LogP contribution is 2.78. The number of fused-ring (bicyclic) bond motifs is 7. The lowest BCUT2D eigenvalue weighted by Crippen LogP contribution is -2.67. The van der Waals surface area contributed by atoms with Crippen molar-refractivity contribution in [1.29, 1.82) is 0 Å². The van der Waals surface area contributed by atoms with Gasteiger partial charge in [0.2, 0.25) is 15.9 Å². The molecule has 11 atom stereocenters. The second kappa shape index (κ2) is 13.6. The van der Waals surface area contributed by atoms with Crippen molar-refractivity contribution in [3.8, 4) is 0 Å². The second-order valence-corrected chi connectivity index (χ2v) is 22.8. The third kappa shape index (κ3) is 6.73. The Balaban J connectivity index is 1.23. The highest BCUT2D eigenvalue weighted by atomic mass is 32.2. The molecule has 0 bridgehead atoms. The number of allylic oxidation sites excluding steroid dienone is 1. The Morgan fingerprint density at radius 1 is 0.906 bits per heavy atom. The summed E-state index contributed by atoms with van der Waals surface area (Å²) in [5, 5.41) is 9.62. The largest absolute Gasteiger partial charge is 0.481 e. The van der Waals surface area contributed by atoms with E-state index in [9.17, 15) is 27.9 Å². The van der Waals surface area contributed by atoms with Crippen molar-refractivity contribution in [3.05, 3.63) is 12.2 Å². The molecule has 10 heteroatoms. The molecule has 6 rings (SSSR count). The molecule has 0 aromatic carbocycles. The Bertz CT molecular complexity index is 1610. The summed E-state index contributed by atoms with van der Waals surface area (Å²) < 4.78 is 32.7. The lowest BCUT2D eigenvalue weighted by atomic mass is 9.32. The van der Waals surface area contributed by atoms with Crippen molar-refractivity contribution >= 4 is 27.9 Å². The van der Waals surface area contributed by atoms with Gasteiger partial charge in [-0.15, -0.1) is 0 Å². The fraction of sp³-hybridized carbons (Fsp3) is 0.884. The number of hydrogen-bond donors (Lipinski definition) is 2. The van der Waals surface area contributed by atoms with Gasteiger partial charge in [-0.2, -0.15) is 0 Å². The van der Waals surface area contributed by atoms with E-state index in [1.54, 1.807) is 13.8 Å². The number of carboxylic acid groups (broad SMARTS) is 1. The molecule has 53 heavy (non-hydrogen) atoms. The summed E-state index contributed by atoms with van der Waals surface area (Å²) in [6.07, 6.45) is 13.8. The Kier molecular flexibility index (Phi) is 10.5. The van der Waals surface area contributed by atoms with Crippen LogP contribution in [0, 0.1) is 62.1 Å². The summed E-state index contributed by atoms with van der Waals surface area (Å²) in [6, 6.07) is -0.0796. The van der Waals surface area contributed by atoms with Crippen LogP contribution in [0.2, 0.25) is 0 Å². The predicted molar refractivity (Wildman–Crippen MR) is 207 cm³/mol. The van der Waals surface area contributed by atoms with E-state index in [1.807, 2.05) is 4.90 Å². The first-order valence-corrected chi connectivity index (χ1v) is 22.6. The number of amides is 1. The summed E-state index contributed by atoms with van der Waals surface area (Å²) in [6.45, 7) is 23.3. The SMILES string of the molecule is C=C(C)[C@@H]1CC[C@]2(CC(=O)N3CCC[C@H]3CNS(C)(=O)=O)CC[C@]3(C)[C@H](CC[C@@H]4[C@@]5(C)CC[C@H](OC(=O)CC(C)(C)C(=O)O)C(C)(C)[C@@H]5CC[C@]43C)[C@@H]12. The van der Waals surface area contributed by atoms with E-state index in [1.165, 1.54) is 18.2 Å². The number of ether oxygens (including phenoxy) is 1. The quantitative estimate of drug-likeness (QED) is 0.171. The molecule has 0 radical (unpaired) electrons. The van der Waals surface area contributed by atoms with E-state index in [-0.39, 0.29) is 51.5 Å². The number of carbonyl (C=O) groups excluding carboxylic acids is 2. The molecule has 2 N–H and O–H groups in total. The van der Waals surface area contributed by atoms with Gasteiger partial charge in [-0.3, -0.25) is 14.4 Å². The zero-order valence-corrected chi connectivity index (χ0v) is 35.1. The van der Waals surface area contributed by atoms with Crippen LogP contribution < -0.4 is 4.72 Å². The van der Waals surface area contributed by atoms with Gasteiger partial charge in [0.25, 0.3) is 0 Å². The number of esters is 1. The molecule has 0 unspecified atom stereocenters. The topological polar surface area (TPSA) is 130 Å². The van der Waals surface area contributed by atoms with E-state index in [4.69, 9.17) is 4.74 Å². The first-order chi connectivity index (χ1) is 24.4. The van der Waals surface area contributed by atoms with Crippen LogP contribution in [0.1, 0.15) is 145 Å². The van der Waals surface area contributed by atoms with Crippen LogP contribution in [0.25, 0.3) is 0 Å². The maximum Gasteiger partial charge on any atom is 0.309 e. The van der Waals surface area contributed by atoms with Crippen LogP contribution >= 0.6 is 0 Å². The summed E-state index contributed by atoms with van der Waals surface area (Å²) in [4.78, 5) is 41.2. The Morgan fingerprint density at radius 2 is 1.60 bits per heavy atom. The van der Waals surface area contributed by atoms with Crippen LogP contribution in [-0.4, -0.2) is 67.8 Å². The molecule has 0 spiro atoms. The van der Waals surface area contributed by atoms with Gasteiger partial charge in [-0.05, 0) is 149 Å². The number of likely N-dealkylation sites (tertiary alicyclic amines) is 1. The number of sulfonamides is 1. The average Bonchev–Trinajstić information content (AvgIpc) is 3.67. The maximum atomic E-state index is 14.3. The van der Waals surface area contributed by atoms with Gasteiger partial charge in [0.15, 0.2) is 0 Å². The Morgan fingerprint density at radius 3 is 2.25 bits per heavy atom. The van der Waals surface area contributed by atoms with E-state index >= 15 is 0 Å². The van der Waals surface area contributed by atoms with Gasteiger partial charge in [0, 0.05) is 31.0 Å². The van der Waals surface area contributed by atoms with Crippen LogP contribution in [0.15, 0.2) is 12.2 Å². The molecule has 5 saturated carbocycles. The predicted octanol–water partition coefficient (Wildman–Crippen LogP) is 7.99. The molecule has 1 amide bonds. The lowest BCUT2D eigenvalue weighted by Gasteiger charge is -2.73. The molecule has 0 aromatic heterocycles. The van der Waals surface area contributed by atoms with E-state index in [0.717, 1.165) is 70.6 Å². The molecular weight excluding hydrogens is 689 g/mol. The van der Waals surface area contributed by atoms with E-state index in [0.29, 0.717) is 49.1 Å². The first kappa shape index (κ1) is 40.7. The number of carboxylic acids is 1. The standard InChI is InChI=1S/C43H70N2O7S/c1-27(2)29-15-20-43(24-34(46)45-23-11-12-28(45)26-44-53(10,50)51)22-21-41(8)30(36(29)43)13-14-32-40(7)18-17-33(52-35(47)25-38(3,4)37(48)49)39(5,6)31(40)16-19-42(32,41)9/h28-33,36,44H,1,11-26H2,2-10H3,(H,48,49)/t28-,29-,30+,31-,32+,33-,36+,40-,41+,42+,43+/m0/s1. The minimum atomic E-state index is -3.33. The van der Waals surface area contributed by atoms with Gasteiger partial charge >= 0.3 is 11.9 Å². The molecule has 6 aliphatic rings. The molecular formula is C43H70N2O7S. The number of aliphatic carboxylic acids is 1. The molecule has 1 heterocycles. The Labute approximate surface area is 320 Å². The molecule has 1 saturated heterocycles. The molecule has 5 aliphatic carbocycles. The average molecular weight is 759 g/mol. The summed E-state index contributed by atoms with van der Waals surface area (Å²) in [7, 11) is -3.33. The molecule has 1 aliphatic heterocycles. The number of rotatable bonds is 10. The van der Waals surface area contributed by atoms with Crippen LogP contribution in [0.4, 0.5) is 0 Å². The molecule has 9 nitrogen and oxygen atoms in total. The Hall–Kier alpha value is -1.94. The normalized spacial score (nSPS) is 42.1. The van der Waals surface area contributed by atoms with Crippen molar-refractivity contribution in [2.75, 3.05) is 19.3 Å². The highest BCUT2D eigenvalue weighted by Gasteiger charge is 2.71. The van der Waals surface area contributed by atoms with Gasteiger partial charge in [0.05, 0.1) is 18.1 Å².